The summed E-state index contributed by atoms with van der Waals surface area (Å²) < 4.78 is 0. The fourth-order valence-corrected chi connectivity index (χ4v) is 3.81. The molecule has 1 atom stereocenters. The maximum Gasteiger partial charge on any atom is 0.0991 e. The second-order valence-electron chi connectivity index (χ2n) is 7.22. The first-order valence-electron chi connectivity index (χ1n) is 9.73. The van der Waals surface area contributed by atoms with E-state index in [1.165, 1.54) is 48.8 Å². The van der Waals surface area contributed by atoms with Crippen molar-refractivity contribution in [2.75, 3.05) is 0 Å². The van der Waals surface area contributed by atoms with Gasteiger partial charge in [-0.25, -0.2) is 0 Å². The number of nitriles is 1. The minimum atomic E-state index is 0.116. The molecular weight excluding hydrogens is 314 g/mol. The summed E-state index contributed by atoms with van der Waals surface area (Å²) >= 11 is 0. The van der Waals surface area contributed by atoms with E-state index >= 15 is 0 Å². The van der Waals surface area contributed by atoms with Gasteiger partial charge < -0.3 is 0 Å². The van der Waals surface area contributed by atoms with E-state index in [0.29, 0.717) is 5.56 Å². The van der Waals surface area contributed by atoms with Crippen molar-refractivity contribution in [1.29, 1.82) is 5.26 Å². The molecule has 1 unspecified atom stereocenters. The molecule has 0 radical (unpaired) electrons. The second kappa shape index (κ2) is 8.68. The Balaban J connectivity index is 1.80. The quantitative estimate of drug-likeness (QED) is 0.507. The van der Waals surface area contributed by atoms with Crippen LogP contribution in [-0.2, 0) is 5.41 Å². The van der Waals surface area contributed by atoms with E-state index in [1.807, 2.05) is 24.3 Å². The first kappa shape index (κ1) is 18.2. The first-order valence-corrected chi connectivity index (χ1v) is 9.73. The van der Waals surface area contributed by atoms with Crippen LogP contribution in [0.3, 0.4) is 0 Å². The van der Waals surface area contributed by atoms with Crippen molar-refractivity contribution in [1.82, 2.24) is 0 Å². The predicted molar refractivity (Wildman–Crippen MR) is 110 cm³/mol. The van der Waals surface area contributed by atoms with Gasteiger partial charge in [0.05, 0.1) is 11.6 Å². The summed E-state index contributed by atoms with van der Waals surface area (Å²) in [7, 11) is 0. The van der Waals surface area contributed by atoms with E-state index in [4.69, 9.17) is 5.26 Å². The summed E-state index contributed by atoms with van der Waals surface area (Å²) in [6.45, 7) is 2.26. The minimum absolute atomic E-state index is 0.116. The molecular formula is C25H27N. The van der Waals surface area contributed by atoms with Crippen molar-refractivity contribution in [2.24, 2.45) is 0 Å². The van der Waals surface area contributed by atoms with Crippen LogP contribution >= 0.6 is 0 Å². The molecule has 132 valence electrons. The normalized spacial score (nSPS) is 19.0. The smallest absolute Gasteiger partial charge is 0.0991 e. The summed E-state index contributed by atoms with van der Waals surface area (Å²) in [6.07, 6.45) is 14.5. The molecule has 0 saturated carbocycles. The molecule has 0 fully saturated rings. The van der Waals surface area contributed by atoms with Crippen molar-refractivity contribution < 1.29 is 0 Å². The van der Waals surface area contributed by atoms with Gasteiger partial charge in [-0.05, 0) is 41.7 Å². The van der Waals surface area contributed by atoms with E-state index in [-0.39, 0.29) is 5.41 Å². The van der Waals surface area contributed by atoms with Crippen molar-refractivity contribution in [3.8, 4) is 6.07 Å². The number of allylic oxidation sites excluding steroid dienone is 4. The third kappa shape index (κ3) is 4.14. The summed E-state index contributed by atoms with van der Waals surface area (Å²) in [4.78, 5) is 0. The molecule has 0 amide bonds. The summed E-state index contributed by atoms with van der Waals surface area (Å²) in [6, 6.07) is 21.0. The number of nitrogens with zero attached hydrogens (tertiary/aromatic N) is 1. The van der Waals surface area contributed by atoms with Crippen LogP contribution in [-0.4, -0.2) is 0 Å². The lowest BCUT2D eigenvalue weighted by molar-refractivity contribution is 0.458. The van der Waals surface area contributed by atoms with Crippen molar-refractivity contribution in [2.45, 2.75) is 50.9 Å². The SMILES string of the molecule is CCCCCCC1(c2ccccc2)C=CC(c2ccc(C#N)cc2)=CC1. The van der Waals surface area contributed by atoms with Crippen molar-refractivity contribution in [3.05, 3.63) is 89.5 Å². The van der Waals surface area contributed by atoms with Gasteiger partial charge >= 0.3 is 0 Å². The summed E-state index contributed by atoms with van der Waals surface area (Å²) in [5, 5.41) is 8.98. The van der Waals surface area contributed by atoms with Gasteiger partial charge in [-0.1, -0.05) is 93.3 Å². The van der Waals surface area contributed by atoms with Gasteiger partial charge in [0.2, 0.25) is 0 Å². The highest BCUT2D eigenvalue weighted by atomic mass is 14.3. The summed E-state index contributed by atoms with van der Waals surface area (Å²) in [5.74, 6) is 0. The maximum atomic E-state index is 8.98. The Labute approximate surface area is 157 Å². The minimum Gasteiger partial charge on any atom is -0.192 e. The molecule has 1 aliphatic carbocycles. The van der Waals surface area contributed by atoms with E-state index in [0.717, 1.165) is 6.42 Å². The number of hydrogen-bond donors (Lipinski definition) is 0. The molecule has 3 rings (SSSR count). The van der Waals surface area contributed by atoms with Crippen LogP contribution in [0.25, 0.3) is 5.57 Å². The lowest BCUT2D eigenvalue weighted by Crippen LogP contribution is -2.24. The highest BCUT2D eigenvalue weighted by molar-refractivity contribution is 5.76. The van der Waals surface area contributed by atoms with Crippen molar-refractivity contribution in [3.63, 3.8) is 0 Å². The van der Waals surface area contributed by atoms with Crippen LogP contribution in [0.5, 0.6) is 0 Å². The Kier molecular flexibility index (Phi) is 6.08. The van der Waals surface area contributed by atoms with E-state index in [2.05, 4.69) is 61.6 Å². The Bertz CT molecular complexity index is 805. The zero-order valence-corrected chi connectivity index (χ0v) is 15.6. The molecule has 26 heavy (non-hydrogen) atoms. The molecule has 0 aromatic heterocycles. The third-order valence-corrected chi connectivity index (χ3v) is 5.44. The molecule has 0 saturated heterocycles. The molecule has 0 bridgehead atoms. The molecule has 2 aromatic carbocycles. The number of benzene rings is 2. The largest absolute Gasteiger partial charge is 0.192 e. The Morgan fingerprint density at radius 1 is 0.962 bits per heavy atom. The number of unbranched alkanes of at least 4 members (excludes halogenated alkanes) is 3. The summed E-state index contributed by atoms with van der Waals surface area (Å²) in [5.41, 5.74) is 4.69. The molecule has 1 heteroatoms. The first-order chi connectivity index (χ1) is 12.8. The van der Waals surface area contributed by atoms with Crippen LogP contribution in [0.1, 0.15) is 62.1 Å². The second-order valence-corrected chi connectivity index (χ2v) is 7.22. The molecule has 0 N–H and O–H groups in total. The molecule has 0 aliphatic heterocycles. The Hall–Kier alpha value is -2.59. The monoisotopic (exact) mass is 341 g/mol. The zero-order valence-electron chi connectivity index (χ0n) is 15.6. The van der Waals surface area contributed by atoms with Gasteiger partial charge in [0, 0.05) is 5.41 Å². The van der Waals surface area contributed by atoms with Crippen molar-refractivity contribution >= 4 is 5.57 Å². The molecule has 0 spiro atoms. The van der Waals surface area contributed by atoms with E-state index < -0.39 is 0 Å². The van der Waals surface area contributed by atoms with Gasteiger partial charge in [-0.3, -0.25) is 0 Å². The van der Waals surface area contributed by atoms with Gasteiger partial charge in [0.1, 0.15) is 0 Å². The Morgan fingerprint density at radius 2 is 1.73 bits per heavy atom. The van der Waals surface area contributed by atoms with Gasteiger partial charge in [0.15, 0.2) is 0 Å². The van der Waals surface area contributed by atoms with Gasteiger partial charge in [0.25, 0.3) is 0 Å². The third-order valence-electron chi connectivity index (χ3n) is 5.44. The maximum absolute atomic E-state index is 8.98. The Morgan fingerprint density at radius 3 is 2.35 bits per heavy atom. The predicted octanol–water partition coefficient (Wildman–Crippen LogP) is 6.81. The molecule has 1 nitrogen and oxygen atoms in total. The number of hydrogen-bond acceptors (Lipinski definition) is 1. The van der Waals surface area contributed by atoms with Crippen LogP contribution in [0.2, 0.25) is 0 Å². The lowest BCUT2D eigenvalue weighted by Gasteiger charge is -2.33. The standard InChI is InChI=1S/C25H27N/c1-2-3-4-8-17-25(24-9-6-5-7-10-24)18-15-23(16-19-25)22-13-11-21(20-26)12-14-22/h5-7,9-16,18H,2-4,8,17,19H2,1H3. The molecule has 0 heterocycles. The fraction of sp³-hybridized carbons (Fsp3) is 0.320. The van der Waals surface area contributed by atoms with Crippen LogP contribution in [0.4, 0.5) is 0 Å². The number of rotatable bonds is 7. The fourth-order valence-electron chi connectivity index (χ4n) is 3.81. The molecule has 2 aromatic rings. The zero-order chi connectivity index (χ0) is 18.2. The van der Waals surface area contributed by atoms with E-state index in [9.17, 15) is 0 Å². The average molecular weight is 341 g/mol. The topological polar surface area (TPSA) is 23.8 Å². The highest BCUT2D eigenvalue weighted by Gasteiger charge is 2.29. The van der Waals surface area contributed by atoms with Gasteiger partial charge in [-0.2, -0.15) is 5.26 Å². The van der Waals surface area contributed by atoms with E-state index in [1.54, 1.807) is 0 Å². The van der Waals surface area contributed by atoms with Gasteiger partial charge in [-0.15, -0.1) is 0 Å². The molecule has 1 aliphatic rings. The lowest BCUT2D eigenvalue weighted by atomic mass is 9.70. The average Bonchev–Trinajstić information content (AvgIpc) is 2.72. The van der Waals surface area contributed by atoms with Crippen LogP contribution < -0.4 is 0 Å². The van der Waals surface area contributed by atoms with Crippen LogP contribution in [0, 0.1) is 11.3 Å². The highest BCUT2D eigenvalue weighted by Crippen LogP contribution is 2.40. The van der Waals surface area contributed by atoms with Crippen LogP contribution in [0.15, 0.2) is 72.8 Å².